The molecule has 0 unspecified atom stereocenters. The Labute approximate surface area is 144 Å². The molecule has 1 aromatic carbocycles. The van der Waals surface area contributed by atoms with Gasteiger partial charge in [0.15, 0.2) is 5.69 Å². The number of amides is 2. The third-order valence-electron chi connectivity index (χ3n) is 4.14. The molecule has 1 aliphatic rings. The van der Waals surface area contributed by atoms with Gasteiger partial charge in [-0.15, -0.1) is 0 Å². The number of aromatic nitrogens is 2. The van der Waals surface area contributed by atoms with Crippen LogP contribution in [0.1, 0.15) is 27.3 Å². The first kappa shape index (κ1) is 17.1. The second kappa shape index (κ2) is 7.43. The number of hydrogen-bond donors (Lipinski definition) is 2. The maximum atomic E-state index is 12.9. The molecule has 7 nitrogen and oxygen atoms in total. The monoisotopic (exact) mass is 346 g/mol. The zero-order valence-corrected chi connectivity index (χ0v) is 13.8. The Kier molecular flexibility index (Phi) is 5.08. The van der Waals surface area contributed by atoms with Gasteiger partial charge in [-0.1, -0.05) is 12.1 Å². The summed E-state index contributed by atoms with van der Waals surface area (Å²) in [5.74, 6) is -0.771. The van der Waals surface area contributed by atoms with Crippen molar-refractivity contribution in [2.24, 2.45) is 0 Å². The number of hydrogen-bond acceptors (Lipinski definition) is 4. The van der Waals surface area contributed by atoms with Crippen molar-refractivity contribution < 1.29 is 18.7 Å². The summed E-state index contributed by atoms with van der Waals surface area (Å²) in [5, 5.41) is 9.74. The normalized spacial score (nSPS) is 13.4. The molecule has 0 atom stereocenters. The Morgan fingerprint density at radius 2 is 2.12 bits per heavy atom. The molecule has 132 valence electrons. The number of benzene rings is 1. The molecule has 0 fully saturated rings. The van der Waals surface area contributed by atoms with Gasteiger partial charge in [0.05, 0.1) is 0 Å². The van der Waals surface area contributed by atoms with Crippen LogP contribution in [0, 0.1) is 5.82 Å². The fraction of sp³-hybridized carbons (Fsp3) is 0.353. The molecule has 8 heteroatoms. The van der Waals surface area contributed by atoms with Crippen LogP contribution in [0.15, 0.2) is 24.3 Å². The van der Waals surface area contributed by atoms with Gasteiger partial charge in [-0.2, -0.15) is 5.10 Å². The Morgan fingerprint density at radius 3 is 2.84 bits per heavy atom. The van der Waals surface area contributed by atoms with E-state index >= 15 is 0 Å². The Morgan fingerprint density at radius 1 is 1.36 bits per heavy atom. The van der Waals surface area contributed by atoms with Crippen molar-refractivity contribution in [3.05, 3.63) is 52.6 Å². The molecule has 0 bridgehead atoms. The van der Waals surface area contributed by atoms with E-state index in [1.54, 1.807) is 17.0 Å². The van der Waals surface area contributed by atoms with E-state index in [1.807, 2.05) is 0 Å². The van der Waals surface area contributed by atoms with Crippen LogP contribution in [0.2, 0.25) is 0 Å². The summed E-state index contributed by atoms with van der Waals surface area (Å²) in [5.41, 5.74) is 2.67. The molecule has 0 saturated carbocycles. The molecule has 25 heavy (non-hydrogen) atoms. The first-order chi connectivity index (χ1) is 12.1. The number of rotatable bonds is 5. The van der Waals surface area contributed by atoms with Gasteiger partial charge in [0.1, 0.15) is 12.4 Å². The van der Waals surface area contributed by atoms with Crippen LogP contribution in [0.3, 0.4) is 0 Å². The number of nitrogens with zero attached hydrogens (tertiary/aromatic N) is 2. The van der Waals surface area contributed by atoms with Gasteiger partial charge in [-0.05, 0) is 17.7 Å². The highest BCUT2D eigenvalue weighted by Gasteiger charge is 2.27. The number of carbonyl (C=O) groups is 2. The van der Waals surface area contributed by atoms with Crippen molar-refractivity contribution in [3.8, 4) is 0 Å². The third-order valence-corrected chi connectivity index (χ3v) is 4.14. The van der Waals surface area contributed by atoms with E-state index in [2.05, 4.69) is 15.5 Å². The molecule has 0 radical (unpaired) electrons. The number of nitrogens with one attached hydrogen (secondary N) is 2. The lowest BCUT2D eigenvalue weighted by Crippen LogP contribution is -2.38. The highest BCUT2D eigenvalue weighted by Crippen LogP contribution is 2.20. The van der Waals surface area contributed by atoms with Crippen molar-refractivity contribution in [1.29, 1.82) is 0 Å². The average Bonchev–Trinajstić information content (AvgIpc) is 3.04. The van der Waals surface area contributed by atoms with Gasteiger partial charge in [0.2, 0.25) is 5.91 Å². The van der Waals surface area contributed by atoms with Gasteiger partial charge < -0.3 is 15.0 Å². The van der Waals surface area contributed by atoms with Crippen LogP contribution in [0.5, 0.6) is 0 Å². The minimum Gasteiger partial charge on any atom is -0.375 e. The maximum absolute atomic E-state index is 12.9. The number of ether oxygens (including phenoxy) is 1. The van der Waals surface area contributed by atoms with Gasteiger partial charge in [-0.25, -0.2) is 4.39 Å². The first-order valence-corrected chi connectivity index (χ1v) is 7.94. The minimum absolute atomic E-state index is 0.0132. The van der Waals surface area contributed by atoms with Gasteiger partial charge in [0.25, 0.3) is 5.91 Å². The SMILES string of the molecule is COCC(=O)N1CCc2[nH]nc(C(=O)NCc3ccc(F)cc3)c2C1. The molecule has 0 saturated heterocycles. The molecular weight excluding hydrogens is 327 g/mol. The van der Waals surface area contributed by atoms with Crippen LogP contribution in [-0.2, 0) is 29.0 Å². The van der Waals surface area contributed by atoms with Gasteiger partial charge in [-0.3, -0.25) is 14.7 Å². The van der Waals surface area contributed by atoms with E-state index in [9.17, 15) is 14.0 Å². The third kappa shape index (κ3) is 3.85. The lowest BCUT2D eigenvalue weighted by atomic mass is 10.0. The molecule has 2 N–H and O–H groups in total. The molecule has 2 aromatic rings. The van der Waals surface area contributed by atoms with E-state index in [0.29, 0.717) is 19.5 Å². The first-order valence-electron chi connectivity index (χ1n) is 7.94. The van der Waals surface area contributed by atoms with Crippen molar-refractivity contribution in [1.82, 2.24) is 20.4 Å². The number of fused-ring (bicyclic) bond motifs is 1. The Balaban J connectivity index is 1.67. The maximum Gasteiger partial charge on any atom is 0.272 e. The number of methoxy groups -OCH3 is 1. The average molecular weight is 346 g/mol. The van der Waals surface area contributed by atoms with Crippen molar-refractivity contribution in [3.63, 3.8) is 0 Å². The molecule has 1 aliphatic heterocycles. The van der Waals surface area contributed by atoms with E-state index in [1.165, 1.54) is 19.2 Å². The summed E-state index contributed by atoms with van der Waals surface area (Å²) >= 11 is 0. The fourth-order valence-electron chi connectivity index (χ4n) is 2.78. The van der Waals surface area contributed by atoms with Crippen molar-refractivity contribution >= 4 is 11.8 Å². The highest BCUT2D eigenvalue weighted by atomic mass is 19.1. The highest BCUT2D eigenvalue weighted by molar-refractivity contribution is 5.94. The standard InChI is InChI=1S/C17H19FN4O3/c1-25-10-15(23)22-7-6-14-13(9-22)16(21-20-14)17(24)19-8-11-2-4-12(18)5-3-11/h2-5H,6-10H2,1H3,(H,19,24)(H,20,21). The smallest absolute Gasteiger partial charge is 0.272 e. The van der Waals surface area contributed by atoms with Crippen LogP contribution in [0.25, 0.3) is 0 Å². The zero-order chi connectivity index (χ0) is 17.8. The second-order valence-electron chi connectivity index (χ2n) is 5.84. The number of H-pyrrole nitrogens is 1. The molecule has 3 rings (SSSR count). The van der Waals surface area contributed by atoms with E-state index < -0.39 is 0 Å². The van der Waals surface area contributed by atoms with Crippen LogP contribution in [-0.4, -0.2) is 47.2 Å². The van der Waals surface area contributed by atoms with Crippen LogP contribution >= 0.6 is 0 Å². The topological polar surface area (TPSA) is 87.3 Å². The summed E-state index contributed by atoms with van der Waals surface area (Å²) in [6, 6.07) is 5.91. The zero-order valence-electron chi connectivity index (χ0n) is 13.8. The molecular formula is C17H19FN4O3. The molecule has 1 aromatic heterocycles. The molecule has 2 amide bonds. The van der Waals surface area contributed by atoms with Crippen molar-refractivity contribution in [2.45, 2.75) is 19.5 Å². The van der Waals surface area contributed by atoms with E-state index in [-0.39, 0.29) is 36.5 Å². The number of halogens is 1. The molecule has 0 aliphatic carbocycles. The number of aromatic amines is 1. The van der Waals surface area contributed by atoms with Gasteiger partial charge >= 0.3 is 0 Å². The van der Waals surface area contributed by atoms with E-state index in [4.69, 9.17) is 4.74 Å². The van der Waals surface area contributed by atoms with E-state index in [0.717, 1.165) is 16.8 Å². The lowest BCUT2D eigenvalue weighted by molar-refractivity contribution is -0.136. The fourth-order valence-corrected chi connectivity index (χ4v) is 2.78. The Bertz CT molecular complexity index is 773. The summed E-state index contributed by atoms with van der Waals surface area (Å²) in [6.45, 7) is 1.17. The Hall–Kier alpha value is -2.74. The molecule has 0 spiro atoms. The minimum atomic E-state index is -0.331. The molecule has 2 heterocycles. The van der Waals surface area contributed by atoms with Gasteiger partial charge in [0, 0.05) is 44.4 Å². The quantitative estimate of drug-likeness (QED) is 0.846. The summed E-state index contributed by atoms with van der Waals surface area (Å²) in [7, 11) is 1.47. The summed E-state index contributed by atoms with van der Waals surface area (Å²) in [4.78, 5) is 26.1. The number of carbonyl (C=O) groups excluding carboxylic acids is 2. The predicted octanol–water partition coefficient (Wildman–Crippen LogP) is 1.01. The second-order valence-corrected chi connectivity index (χ2v) is 5.84. The summed E-state index contributed by atoms with van der Waals surface area (Å²) < 4.78 is 17.8. The summed E-state index contributed by atoms with van der Waals surface area (Å²) in [6.07, 6.45) is 0.614. The van der Waals surface area contributed by atoms with Crippen LogP contribution < -0.4 is 5.32 Å². The predicted molar refractivity (Wildman–Crippen MR) is 87.2 cm³/mol. The largest absolute Gasteiger partial charge is 0.375 e. The van der Waals surface area contributed by atoms with Crippen LogP contribution in [0.4, 0.5) is 4.39 Å². The van der Waals surface area contributed by atoms with Crippen molar-refractivity contribution in [2.75, 3.05) is 20.3 Å². The lowest BCUT2D eigenvalue weighted by Gasteiger charge is -2.26.